The number of carbonyl (C=O) groups is 1. The van der Waals surface area contributed by atoms with Crippen molar-refractivity contribution in [1.29, 1.82) is 0 Å². The van der Waals surface area contributed by atoms with Crippen molar-refractivity contribution in [3.05, 3.63) is 24.0 Å². The fourth-order valence-electron chi connectivity index (χ4n) is 1.53. The molecular formula is C13H19N3OS. The van der Waals surface area contributed by atoms with Crippen molar-refractivity contribution < 1.29 is 4.79 Å². The topological polar surface area (TPSA) is 54.0 Å². The standard InChI is InChI=1S/C13H19N3OS/c1-9(14-2)12-6-5-11(7-15-12)18-8-13(17)16-10-3-4-10/h5-7,9-10,14H,3-4,8H2,1-2H3,(H,16,17). The Balaban J connectivity index is 1.80. The molecule has 4 nitrogen and oxygen atoms in total. The van der Waals surface area contributed by atoms with Crippen LogP contribution in [0.1, 0.15) is 31.5 Å². The van der Waals surface area contributed by atoms with E-state index in [1.165, 1.54) is 11.8 Å². The van der Waals surface area contributed by atoms with Gasteiger partial charge in [0.1, 0.15) is 0 Å². The van der Waals surface area contributed by atoms with Gasteiger partial charge in [0, 0.05) is 23.2 Å². The molecule has 0 bridgehead atoms. The maximum Gasteiger partial charge on any atom is 0.230 e. The second kappa shape index (κ2) is 6.20. The largest absolute Gasteiger partial charge is 0.353 e. The summed E-state index contributed by atoms with van der Waals surface area (Å²) in [6, 6.07) is 4.71. The highest BCUT2D eigenvalue weighted by atomic mass is 32.2. The number of thioether (sulfide) groups is 1. The molecule has 1 heterocycles. The Morgan fingerprint density at radius 3 is 2.89 bits per heavy atom. The molecule has 0 radical (unpaired) electrons. The summed E-state index contributed by atoms with van der Waals surface area (Å²) in [6.45, 7) is 2.07. The lowest BCUT2D eigenvalue weighted by Gasteiger charge is -2.09. The number of hydrogen-bond acceptors (Lipinski definition) is 4. The summed E-state index contributed by atoms with van der Waals surface area (Å²) in [5.74, 6) is 0.592. The zero-order valence-electron chi connectivity index (χ0n) is 10.8. The normalized spacial score (nSPS) is 16.3. The van der Waals surface area contributed by atoms with E-state index in [1.807, 2.05) is 25.4 Å². The Morgan fingerprint density at radius 1 is 1.56 bits per heavy atom. The van der Waals surface area contributed by atoms with Crippen LogP contribution in [0.15, 0.2) is 23.2 Å². The second-order valence-electron chi connectivity index (χ2n) is 4.56. The van der Waals surface area contributed by atoms with E-state index in [1.54, 1.807) is 0 Å². The van der Waals surface area contributed by atoms with Crippen molar-refractivity contribution in [2.24, 2.45) is 0 Å². The van der Waals surface area contributed by atoms with Gasteiger partial charge in [-0.05, 0) is 38.9 Å². The zero-order chi connectivity index (χ0) is 13.0. The third-order valence-corrected chi connectivity index (χ3v) is 3.93. The number of aromatic nitrogens is 1. The zero-order valence-corrected chi connectivity index (χ0v) is 11.6. The van der Waals surface area contributed by atoms with Crippen LogP contribution >= 0.6 is 11.8 Å². The Kier molecular flexibility index (Phi) is 4.60. The summed E-state index contributed by atoms with van der Waals surface area (Å²) in [5, 5.41) is 6.12. The minimum absolute atomic E-state index is 0.121. The van der Waals surface area contributed by atoms with Crippen LogP contribution in [0.5, 0.6) is 0 Å². The molecule has 5 heteroatoms. The van der Waals surface area contributed by atoms with E-state index in [0.29, 0.717) is 11.8 Å². The van der Waals surface area contributed by atoms with Gasteiger partial charge >= 0.3 is 0 Å². The molecule has 1 aromatic rings. The first-order valence-corrected chi connectivity index (χ1v) is 7.23. The molecule has 0 aromatic carbocycles. The fourth-order valence-corrected chi connectivity index (χ4v) is 2.20. The number of hydrogen-bond donors (Lipinski definition) is 2. The highest BCUT2D eigenvalue weighted by Crippen LogP contribution is 2.21. The van der Waals surface area contributed by atoms with E-state index in [0.717, 1.165) is 23.4 Å². The first-order valence-electron chi connectivity index (χ1n) is 6.24. The average Bonchev–Trinajstić information content (AvgIpc) is 3.20. The van der Waals surface area contributed by atoms with Gasteiger partial charge in [0.05, 0.1) is 11.4 Å². The van der Waals surface area contributed by atoms with Crippen LogP contribution in [-0.4, -0.2) is 29.7 Å². The van der Waals surface area contributed by atoms with Gasteiger partial charge < -0.3 is 10.6 Å². The predicted octanol–water partition coefficient (Wildman–Crippen LogP) is 1.73. The minimum Gasteiger partial charge on any atom is -0.353 e. The molecule has 0 saturated heterocycles. The van der Waals surface area contributed by atoms with Crippen LogP contribution in [0.25, 0.3) is 0 Å². The Bertz CT molecular complexity index is 403. The molecule has 0 spiro atoms. The highest BCUT2D eigenvalue weighted by molar-refractivity contribution is 8.00. The van der Waals surface area contributed by atoms with Crippen molar-refractivity contribution in [2.45, 2.75) is 36.7 Å². The van der Waals surface area contributed by atoms with E-state index in [2.05, 4.69) is 22.5 Å². The van der Waals surface area contributed by atoms with Crippen molar-refractivity contribution in [3.63, 3.8) is 0 Å². The lowest BCUT2D eigenvalue weighted by Crippen LogP contribution is -2.26. The second-order valence-corrected chi connectivity index (χ2v) is 5.61. The molecule has 2 rings (SSSR count). The summed E-state index contributed by atoms with van der Waals surface area (Å²) in [5.41, 5.74) is 1.02. The maximum atomic E-state index is 11.5. The summed E-state index contributed by atoms with van der Waals surface area (Å²) in [4.78, 5) is 16.9. The minimum atomic E-state index is 0.121. The Morgan fingerprint density at radius 2 is 2.33 bits per heavy atom. The number of amides is 1. The molecular weight excluding hydrogens is 246 g/mol. The molecule has 1 aliphatic carbocycles. The van der Waals surface area contributed by atoms with Crippen molar-refractivity contribution in [3.8, 4) is 0 Å². The molecule has 1 amide bonds. The average molecular weight is 265 g/mol. The van der Waals surface area contributed by atoms with E-state index in [4.69, 9.17) is 0 Å². The van der Waals surface area contributed by atoms with E-state index < -0.39 is 0 Å². The molecule has 1 saturated carbocycles. The van der Waals surface area contributed by atoms with Gasteiger partial charge in [0.25, 0.3) is 0 Å². The quantitative estimate of drug-likeness (QED) is 0.769. The van der Waals surface area contributed by atoms with E-state index in [-0.39, 0.29) is 11.9 Å². The monoisotopic (exact) mass is 265 g/mol. The molecule has 18 heavy (non-hydrogen) atoms. The molecule has 1 aromatic heterocycles. The van der Waals surface area contributed by atoms with Crippen molar-refractivity contribution in [1.82, 2.24) is 15.6 Å². The van der Waals surface area contributed by atoms with Gasteiger partial charge in [-0.2, -0.15) is 0 Å². The molecule has 2 N–H and O–H groups in total. The summed E-state index contributed by atoms with van der Waals surface area (Å²) < 4.78 is 0. The number of rotatable bonds is 6. The summed E-state index contributed by atoms with van der Waals surface area (Å²) in [7, 11) is 1.91. The molecule has 1 fully saturated rings. The Hall–Kier alpha value is -1.07. The van der Waals surface area contributed by atoms with Gasteiger partial charge in [-0.15, -0.1) is 11.8 Å². The maximum absolute atomic E-state index is 11.5. The van der Waals surface area contributed by atoms with Crippen LogP contribution in [0.3, 0.4) is 0 Å². The van der Waals surface area contributed by atoms with Crippen LogP contribution in [0, 0.1) is 0 Å². The van der Waals surface area contributed by atoms with Gasteiger partial charge in [-0.1, -0.05) is 0 Å². The van der Waals surface area contributed by atoms with E-state index >= 15 is 0 Å². The number of pyridine rings is 1. The number of carbonyl (C=O) groups excluding carboxylic acids is 1. The molecule has 1 aliphatic rings. The molecule has 98 valence electrons. The number of nitrogens with zero attached hydrogens (tertiary/aromatic N) is 1. The third kappa shape index (κ3) is 3.99. The fraction of sp³-hybridized carbons (Fsp3) is 0.538. The molecule has 1 unspecified atom stereocenters. The van der Waals surface area contributed by atoms with Crippen molar-refractivity contribution >= 4 is 17.7 Å². The lowest BCUT2D eigenvalue weighted by molar-refractivity contribution is -0.118. The summed E-state index contributed by atoms with van der Waals surface area (Å²) >= 11 is 1.53. The Labute approximate surface area is 112 Å². The van der Waals surface area contributed by atoms with Crippen LogP contribution in [0.4, 0.5) is 0 Å². The smallest absolute Gasteiger partial charge is 0.230 e. The third-order valence-electron chi connectivity index (χ3n) is 2.95. The molecule has 0 aliphatic heterocycles. The first kappa shape index (κ1) is 13.4. The van der Waals surface area contributed by atoms with E-state index in [9.17, 15) is 4.79 Å². The van der Waals surface area contributed by atoms with Gasteiger partial charge in [-0.3, -0.25) is 9.78 Å². The van der Waals surface area contributed by atoms with Gasteiger partial charge in [0.15, 0.2) is 0 Å². The van der Waals surface area contributed by atoms with Crippen LogP contribution in [-0.2, 0) is 4.79 Å². The van der Waals surface area contributed by atoms with Crippen molar-refractivity contribution in [2.75, 3.05) is 12.8 Å². The van der Waals surface area contributed by atoms with Gasteiger partial charge in [0.2, 0.25) is 5.91 Å². The van der Waals surface area contributed by atoms with Crippen LogP contribution in [0.2, 0.25) is 0 Å². The lowest BCUT2D eigenvalue weighted by atomic mass is 10.2. The van der Waals surface area contributed by atoms with Gasteiger partial charge in [-0.25, -0.2) is 0 Å². The number of nitrogens with one attached hydrogen (secondary N) is 2. The molecule has 1 atom stereocenters. The first-order chi connectivity index (χ1) is 8.69. The highest BCUT2D eigenvalue weighted by Gasteiger charge is 2.22. The SMILES string of the molecule is CNC(C)c1ccc(SCC(=O)NC2CC2)cn1. The predicted molar refractivity (Wildman–Crippen MR) is 73.6 cm³/mol. The van der Waals surface area contributed by atoms with Crippen LogP contribution < -0.4 is 10.6 Å². The summed E-state index contributed by atoms with van der Waals surface area (Å²) in [6.07, 6.45) is 4.10.